The molecule has 0 saturated carbocycles. The molecule has 366 valence electrons. The van der Waals surface area contributed by atoms with Crippen molar-refractivity contribution in [3.63, 3.8) is 0 Å². The fourth-order valence-corrected chi connectivity index (χ4v) is 6.21. The molecule has 0 amide bonds. The summed E-state index contributed by atoms with van der Waals surface area (Å²) in [5, 5.41) is 0. The van der Waals surface area contributed by atoms with Crippen LogP contribution in [0.1, 0.15) is 155 Å². The number of esters is 1. The van der Waals surface area contributed by atoms with Crippen molar-refractivity contribution in [3.05, 3.63) is 0 Å². The monoisotopic (exact) mass is 881 g/mol. The summed E-state index contributed by atoms with van der Waals surface area (Å²) in [5.74, 6) is -0.130. The zero-order chi connectivity index (χ0) is 43.9. The molecule has 0 radical (unpaired) electrons. The number of carbonyl (C=O) groups excluding carboxylic acids is 1. The molecule has 13 heteroatoms. The lowest BCUT2D eigenvalue weighted by atomic mass is 10.0. The van der Waals surface area contributed by atoms with Gasteiger partial charge in [0.2, 0.25) is 0 Å². The SMILES string of the molecule is CCCCCCCCCCCCCCCC(=O)OCCOCCOCCOCCOCCOCCOCCOCCOCCOCCOCCOCCCCCCCCCC. The molecule has 0 aliphatic heterocycles. The van der Waals surface area contributed by atoms with E-state index in [2.05, 4.69) is 13.8 Å². The van der Waals surface area contributed by atoms with E-state index < -0.39 is 0 Å². The Morgan fingerprint density at radius 2 is 0.426 bits per heavy atom. The molecule has 0 saturated heterocycles. The highest BCUT2D eigenvalue weighted by molar-refractivity contribution is 5.69. The van der Waals surface area contributed by atoms with Gasteiger partial charge >= 0.3 is 5.97 Å². The van der Waals surface area contributed by atoms with Crippen LogP contribution in [0, 0.1) is 0 Å². The van der Waals surface area contributed by atoms with Crippen LogP contribution in [-0.4, -0.2) is 158 Å². The highest BCUT2D eigenvalue weighted by Crippen LogP contribution is 2.13. The Kier molecular flexibility index (Phi) is 56.1. The minimum Gasteiger partial charge on any atom is -0.463 e. The minimum atomic E-state index is -0.130. The van der Waals surface area contributed by atoms with E-state index in [0.29, 0.717) is 145 Å². The van der Waals surface area contributed by atoms with Crippen LogP contribution in [0.3, 0.4) is 0 Å². The molecule has 0 unspecified atom stereocenters. The second kappa shape index (κ2) is 57.0. The van der Waals surface area contributed by atoms with E-state index in [-0.39, 0.29) is 12.6 Å². The molecule has 0 aromatic carbocycles. The Balaban J connectivity index is 3.11. The zero-order valence-corrected chi connectivity index (χ0v) is 39.6. The summed E-state index contributed by atoms with van der Waals surface area (Å²) < 4.78 is 66.1. The van der Waals surface area contributed by atoms with Gasteiger partial charge in [0.15, 0.2) is 0 Å². The molecule has 0 aliphatic carbocycles. The van der Waals surface area contributed by atoms with Crippen molar-refractivity contribution in [2.24, 2.45) is 0 Å². The van der Waals surface area contributed by atoms with Gasteiger partial charge in [-0.25, -0.2) is 0 Å². The molecule has 0 atom stereocenters. The van der Waals surface area contributed by atoms with E-state index in [1.807, 2.05) is 0 Å². The molecule has 0 aliphatic rings. The normalized spacial score (nSPS) is 11.6. The third-order valence-electron chi connectivity index (χ3n) is 9.84. The van der Waals surface area contributed by atoms with Crippen LogP contribution >= 0.6 is 0 Å². The molecule has 0 bridgehead atoms. The molecule has 0 aromatic rings. The summed E-state index contributed by atoms with van der Waals surface area (Å²) in [6.45, 7) is 16.5. The number of carbonyl (C=O) groups is 1. The fourth-order valence-electron chi connectivity index (χ4n) is 6.21. The molecule has 0 fully saturated rings. The van der Waals surface area contributed by atoms with Crippen LogP contribution in [0.2, 0.25) is 0 Å². The van der Waals surface area contributed by atoms with Gasteiger partial charge in [0.25, 0.3) is 0 Å². The van der Waals surface area contributed by atoms with Gasteiger partial charge < -0.3 is 56.8 Å². The van der Waals surface area contributed by atoms with E-state index in [4.69, 9.17) is 56.8 Å². The van der Waals surface area contributed by atoms with Crippen molar-refractivity contribution in [2.45, 2.75) is 155 Å². The predicted octanol–water partition coefficient (Wildman–Crippen LogP) is 9.33. The van der Waals surface area contributed by atoms with Crippen molar-refractivity contribution in [3.8, 4) is 0 Å². The first-order chi connectivity index (χ1) is 30.3. The molecule has 0 N–H and O–H groups in total. The van der Waals surface area contributed by atoms with Gasteiger partial charge in [-0.15, -0.1) is 0 Å². The van der Waals surface area contributed by atoms with Gasteiger partial charge in [-0.1, -0.05) is 136 Å². The van der Waals surface area contributed by atoms with Gasteiger partial charge in [-0.05, 0) is 12.8 Å². The topological polar surface area (TPSA) is 128 Å². The number of hydrogen-bond acceptors (Lipinski definition) is 13. The highest BCUT2D eigenvalue weighted by Gasteiger charge is 2.03. The Morgan fingerprint density at radius 1 is 0.230 bits per heavy atom. The van der Waals surface area contributed by atoms with Crippen LogP contribution < -0.4 is 0 Å². The first-order valence-corrected chi connectivity index (χ1v) is 24.8. The van der Waals surface area contributed by atoms with E-state index in [0.717, 1.165) is 25.9 Å². The van der Waals surface area contributed by atoms with Gasteiger partial charge in [0, 0.05) is 13.0 Å². The largest absolute Gasteiger partial charge is 0.463 e. The molecule has 0 heterocycles. The van der Waals surface area contributed by atoms with Gasteiger partial charge in [-0.2, -0.15) is 0 Å². The lowest BCUT2D eigenvalue weighted by Gasteiger charge is -2.09. The Morgan fingerprint density at radius 3 is 0.689 bits per heavy atom. The smallest absolute Gasteiger partial charge is 0.305 e. The zero-order valence-electron chi connectivity index (χ0n) is 39.6. The molecular formula is C48H96O13. The van der Waals surface area contributed by atoms with Crippen LogP contribution in [-0.2, 0) is 61.6 Å². The second-order valence-electron chi connectivity index (χ2n) is 15.4. The van der Waals surface area contributed by atoms with E-state index >= 15 is 0 Å². The van der Waals surface area contributed by atoms with Gasteiger partial charge in [0.05, 0.1) is 139 Å². The van der Waals surface area contributed by atoms with Crippen molar-refractivity contribution in [2.75, 3.05) is 152 Å². The van der Waals surface area contributed by atoms with E-state index in [1.165, 1.54) is 116 Å². The lowest BCUT2D eigenvalue weighted by Crippen LogP contribution is -2.15. The summed E-state index contributed by atoms with van der Waals surface area (Å²) >= 11 is 0. The van der Waals surface area contributed by atoms with Crippen LogP contribution in [0.25, 0.3) is 0 Å². The van der Waals surface area contributed by atoms with Crippen molar-refractivity contribution < 1.29 is 61.6 Å². The summed E-state index contributed by atoms with van der Waals surface area (Å²) in [6, 6.07) is 0. The predicted molar refractivity (Wildman–Crippen MR) is 243 cm³/mol. The number of rotatable bonds is 56. The highest BCUT2D eigenvalue weighted by atomic mass is 16.6. The standard InChI is InChI=1S/C48H96O13/c1-3-5-7-9-11-13-14-15-16-17-18-20-22-24-48(49)61-47-46-60-45-44-59-43-42-58-41-40-57-39-38-56-37-36-55-35-34-54-33-32-53-31-30-52-29-28-51-27-26-50-25-23-21-19-12-10-8-6-4-2/h3-47H2,1-2H3. The third-order valence-corrected chi connectivity index (χ3v) is 9.84. The first-order valence-electron chi connectivity index (χ1n) is 24.8. The average molecular weight is 881 g/mol. The molecule has 61 heavy (non-hydrogen) atoms. The number of unbranched alkanes of at least 4 members (excludes halogenated alkanes) is 19. The third kappa shape index (κ3) is 57.0. The maximum Gasteiger partial charge on any atom is 0.305 e. The quantitative estimate of drug-likeness (QED) is 0.0426. The maximum atomic E-state index is 11.9. The molecule has 0 spiro atoms. The van der Waals surface area contributed by atoms with Gasteiger partial charge in [0.1, 0.15) is 6.61 Å². The van der Waals surface area contributed by atoms with Crippen molar-refractivity contribution in [1.82, 2.24) is 0 Å². The maximum absolute atomic E-state index is 11.9. The number of hydrogen-bond donors (Lipinski definition) is 0. The molecule has 0 rings (SSSR count). The summed E-state index contributed by atoms with van der Waals surface area (Å²) in [5.41, 5.74) is 0. The van der Waals surface area contributed by atoms with Crippen molar-refractivity contribution >= 4 is 5.97 Å². The van der Waals surface area contributed by atoms with Crippen molar-refractivity contribution in [1.29, 1.82) is 0 Å². The summed E-state index contributed by atoms with van der Waals surface area (Å²) in [4.78, 5) is 11.9. The molecular weight excluding hydrogens is 785 g/mol. The number of ether oxygens (including phenoxy) is 12. The molecule has 0 aromatic heterocycles. The fraction of sp³-hybridized carbons (Fsp3) is 0.979. The summed E-state index contributed by atoms with van der Waals surface area (Å²) in [6.07, 6.45) is 27.8. The Labute approximate surface area is 373 Å². The lowest BCUT2D eigenvalue weighted by molar-refractivity contribution is -0.145. The average Bonchev–Trinajstić information content (AvgIpc) is 3.27. The Hall–Kier alpha value is -0.970. The molecule has 13 nitrogen and oxygen atoms in total. The van der Waals surface area contributed by atoms with Gasteiger partial charge in [-0.3, -0.25) is 4.79 Å². The van der Waals surface area contributed by atoms with Crippen LogP contribution in [0.5, 0.6) is 0 Å². The van der Waals surface area contributed by atoms with E-state index in [1.54, 1.807) is 0 Å². The summed E-state index contributed by atoms with van der Waals surface area (Å²) in [7, 11) is 0. The van der Waals surface area contributed by atoms with Crippen LogP contribution in [0.15, 0.2) is 0 Å². The Bertz CT molecular complexity index is 795. The van der Waals surface area contributed by atoms with E-state index in [9.17, 15) is 4.79 Å². The van der Waals surface area contributed by atoms with Crippen LogP contribution in [0.4, 0.5) is 0 Å². The second-order valence-corrected chi connectivity index (χ2v) is 15.4. The minimum absolute atomic E-state index is 0.130. The first kappa shape index (κ1) is 60.0.